The van der Waals surface area contributed by atoms with Crippen molar-refractivity contribution in [3.8, 4) is 11.5 Å². The van der Waals surface area contributed by atoms with Crippen molar-refractivity contribution in [2.24, 2.45) is 4.99 Å². The number of ether oxygens (including phenoxy) is 1. The highest BCUT2D eigenvalue weighted by atomic mass is 19.4. The van der Waals surface area contributed by atoms with Gasteiger partial charge in [0.1, 0.15) is 23.1 Å². The molecule has 2 heterocycles. The van der Waals surface area contributed by atoms with Crippen molar-refractivity contribution in [2.45, 2.75) is 12.6 Å². The average molecular weight is 498 g/mol. The first-order valence-corrected chi connectivity index (χ1v) is 11.4. The quantitative estimate of drug-likeness (QED) is 0.403. The van der Waals surface area contributed by atoms with E-state index in [-0.39, 0.29) is 11.8 Å². The Bertz CT molecular complexity index is 1330. The summed E-state index contributed by atoms with van der Waals surface area (Å²) < 4.78 is 59.2. The first kappa shape index (κ1) is 23.7. The predicted octanol–water partition coefficient (Wildman–Crippen LogP) is 6.27. The van der Waals surface area contributed by atoms with Crippen LogP contribution in [0.5, 0.6) is 11.5 Å². The fourth-order valence-electron chi connectivity index (χ4n) is 4.24. The molecule has 6 nitrogen and oxygen atoms in total. The SMILES string of the molecule is O=C(Nc1cccc(F)c1)N1CCCN(C2=Nc3ccc(C(F)(F)F)cc3Oc3ccccc32)CC1. The van der Waals surface area contributed by atoms with Gasteiger partial charge in [-0.15, -0.1) is 0 Å². The summed E-state index contributed by atoms with van der Waals surface area (Å²) >= 11 is 0. The number of benzene rings is 3. The zero-order valence-electron chi connectivity index (χ0n) is 19.1. The number of nitrogens with one attached hydrogen (secondary N) is 1. The van der Waals surface area contributed by atoms with Crippen LogP contribution in [-0.4, -0.2) is 47.8 Å². The van der Waals surface area contributed by atoms with E-state index in [9.17, 15) is 22.4 Å². The molecule has 0 saturated carbocycles. The maximum absolute atomic E-state index is 13.5. The summed E-state index contributed by atoms with van der Waals surface area (Å²) in [5.41, 5.74) is 0.501. The second-order valence-corrected chi connectivity index (χ2v) is 8.48. The van der Waals surface area contributed by atoms with Gasteiger partial charge in [-0.05, 0) is 55.0 Å². The van der Waals surface area contributed by atoms with Crippen LogP contribution in [0.15, 0.2) is 71.7 Å². The second kappa shape index (κ2) is 9.52. The number of rotatable bonds is 1. The molecule has 36 heavy (non-hydrogen) atoms. The zero-order valence-corrected chi connectivity index (χ0v) is 19.1. The molecule has 0 radical (unpaired) electrons. The minimum Gasteiger partial charge on any atom is -0.454 e. The van der Waals surface area contributed by atoms with Crippen LogP contribution in [0.25, 0.3) is 0 Å². The molecule has 0 atom stereocenters. The Morgan fingerprint density at radius 3 is 2.56 bits per heavy atom. The number of carbonyl (C=O) groups is 1. The molecule has 1 N–H and O–H groups in total. The van der Waals surface area contributed by atoms with Crippen molar-refractivity contribution in [1.82, 2.24) is 9.80 Å². The minimum atomic E-state index is -4.50. The smallest absolute Gasteiger partial charge is 0.416 e. The fourth-order valence-corrected chi connectivity index (χ4v) is 4.24. The zero-order chi connectivity index (χ0) is 25.3. The van der Waals surface area contributed by atoms with Gasteiger partial charge >= 0.3 is 12.2 Å². The summed E-state index contributed by atoms with van der Waals surface area (Å²) in [6.45, 7) is 1.88. The van der Waals surface area contributed by atoms with E-state index in [1.54, 1.807) is 23.1 Å². The first-order valence-electron chi connectivity index (χ1n) is 11.4. The van der Waals surface area contributed by atoms with Crippen LogP contribution in [0.3, 0.4) is 0 Å². The number of aliphatic imine (C=N–C) groups is 1. The normalized spacial score (nSPS) is 15.6. The van der Waals surface area contributed by atoms with Crippen molar-refractivity contribution in [3.63, 3.8) is 0 Å². The van der Waals surface area contributed by atoms with Crippen LogP contribution in [0.1, 0.15) is 17.5 Å². The molecule has 0 aromatic heterocycles. The summed E-state index contributed by atoms with van der Waals surface area (Å²) in [6, 6.07) is 15.7. The van der Waals surface area contributed by atoms with E-state index in [1.165, 1.54) is 24.3 Å². The van der Waals surface area contributed by atoms with Gasteiger partial charge in [0, 0.05) is 31.9 Å². The Labute approximate surface area is 204 Å². The molecule has 2 aliphatic rings. The Morgan fingerprint density at radius 2 is 1.75 bits per heavy atom. The van der Waals surface area contributed by atoms with Gasteiger partial charge < -0.3 is 19.9 Å². The molecular weight excluding hydrogens is 476 g/mol. The lowest BCUT2D eigenvalue weighted by Crippen LogP contribution is -2.39. The van der Waals surface area contributed by atoms with E-state index in [0.29, 0.717) is 61.1 Å². The molecule has 186 valence electrons. The molecular formula is C26H22F4N4O2. The van der Waals surface area contributed by atoms with Gasteiger partial charge in [-0.25, -0.2) is 14.2 Å². The van der Waals surface area contributed by atoms with Crippen molar-refractivity contribution >= 4 is 23.2 Å². The van der Waals surface area contributed by atoms with E-state index in [2.05, 4.69) is 5.32 Å². The molecule has 1 saturated heterocycles. The molecule has 5 rings (SSSR count). The number of fused-ring (bicyclic) bond motifs is 2. The number of halogens is 4. The van der Waals surface area contributed by atoms with Crippen LogP contribution < -0.4 is 10.1 Å². The second-order valence-electron chi connectivity index (χ2n) is 8.48. The lowest BCUT2D eigenvalue weighted by Gasteiger charge is -2.25. The van der Waals surface area contributed by atoms with Gasteiger partial charge in [-0.3, -0.25) is 0 Å². The van der Waals surface area contributed by atoms with Crippen molar-refractivity contribution in [2.75, 3.05) is 31.5 Å². The number of urea groups is 1. The number of hydrogen-bond acceptors (Lipinski definition) is 4. The summed E-state index contributed by atoms with van der Waals surface area (Å²) in [7, 11) is 0. The third kappa shape index (κ3) is 4.98. The highest BCUT2D eigenvalue weighted by Crippen LogP contribution is 2.41. The third-order valence-corrected chi connectivity index (χ3v) is 6.02. The molecule has 3 aromatic rings. The summed E-state index contributed by atoms with van der Waals surface area (Å²) in [6.07, 6.45) is -3.87. The van der Waals surface area contributed by atoms with E-state index in [0.717, 1.165) is 12.1 Å². The number of alkyl halides is 3. The number of hydrogen-bond donors (Lipinski definition) is 1. The monoisotopic (exact) mass is 498 g/mol. The number of amidine groups is 1. The fraction of sp³-hybridized carbons (Fsp3) is 0.231. The van der Waals surface area contributed by atoms with Crippen LogP contribution in [0.2, 0.25) is 0 Å². The van der Waals surface area contributed by atoms with Gasteiger partial charge in [0.15, 0.2) is 5.75 Å². The Balaban J connectivity index is 1.40. The highest BCUT2D eigenvalue weighted by molar-refractivity contribution is 6.03. The third-order valence-electron chi connectivity index (χ3n) is 6.02. The molecule has 2 amide bonds. The highest BCUT2D eigenvalue weighted by Gasteiger charge is 2.32. The van der Waals surface area contributed by atoms with E-state index < -0.39 is 17.6 Å². The van der Waals surface area contributed by atoms with Crippen molar-refractivity contribution in [1.29, 1.82) is 0 Å². The molecule has 1 fully saturated rings. The summed E-state index contributed by atoms with van der Waals surface area (Å²) in [5, 5.41) is 2.72. The van der Waals surface area contributed by atoms with Gasteiger partial charge in [0.25, 0.3) is 0 Å². The van der Waals surface area contributed by atoms with Gasteiger partial charge in [-0.2, -0.15) is 13.2 Å². The van der Waals surface area contributed by atoms with Gasteiger partial charge in [-0.1, -0.05) is 18.2 Å². The number of anilines is 1. The summed E-state index contributed by atoms with van der Waals surface area (Å²) in [4.78, 5) is 21.1. The van der Waals surface area contributed by atoms with Crippen LogP contribution >= 0.6 is 0 Å². The van der Waals surface area contributed by atoms with E-state index >= 15 is 0 Å². The Hall–Kier alpha value is -4.08. The standard InChI is InChI=1S/C26H22F4N4O2/c27-18-5-3-6-19(16-18)31-25(35)34-12-4-11-33(13-14-34)24-20-7-1-2-8-22(20)36-23-15-17(26(28,29)30)9-10-21(23)32-24/h1-3,5-10,15-16H,4,11-14H2,(H,31,35). The van der Waals surface area contributed by atoms with E-state index in [1.807, 2.05) is 17.0 Å². The number of carbonyl (C=O) groups excluding carboxylic acids is 1. The minimum absolute atomic E-state index is 0.0261. The van der Waals surface area contributed by atoms with Gasteiger partial charge in [0.2, 0.25) is 0 Å². The lowest BCUT2D eigenvalue weighted by molar-refractivity contribution is -0.137. The van der Waals surface area contributed by atoms with Crippen LogP contribution in [0.4, 0.5) is 33.7 Å². The molecule has 0 spiro atoms. The van der Waals surface area contributed by atoms with Gasteiger partial charge in [0.05, 0.1) is 11.1 Å². The lowest BCUT2D eigenvalue weighted by atomic mass is 10.1. The van der Waals surface area contributed by atoms with Crippen LogP contribution in [0, 0.1) is 5.82 Å². The topological polar surface area (TPSA) is 57.2 Å². The van der Waals surface area contributed by atoms with Crippen LogP contribution in [-0.2, 0) is 6.18 Å². The molecule has 3 aromatic carbocycles. The maximum atomic E-state index is 13.5. The molecule has 0 bridgehead atoms. The largest absolute Gasteiger partial charge is 0.454 e. The molecule has 2 aliphatic heterocycles. The summed E-state index contributed by atoms with van der Waals surface area (Å²) in [5.74, 6) is 0.554. The number of amides is 2. The maximum Gasteiger partial charge on any atom is 0.416 e. The first-order chi connectivity index (χ1) is 17.3. The number of para-hydroxylation sites is 1. The Kier molecular flexibility index (Phi) is 6.26. The molecule has 10 heteroatoms. The number of nitrogens with zero attached hydrogens (tertiary/aromatic N) is 3. The van der Waals surface area contributed by atoms with Crippen molar-refractivity contribution < 1.29 is 27.1 Å². The molecule has 0 unspecified atom stereocenters. The average Bonchev–Trinajstić information content (AvgIpc) is 3.18. The van der Waals surface area contributed by atoms with E-state index in [4.69, 9.17) is 9.73 Å². The molecule has 0 aliphatic carbocycles. The Morgan fingerprint density at radius 1 is 0.917 bits per heavy atom. The van der Waals surface area contributed by atoms with Crippen molar-refractivity contribution in [3.05, 3.63) is 83.7 Å². The predicted molar refractivity (Wildman–Crippen MR) is 127 cm³/mol.